The van der Waals surface area contributed by atoms with Gasteiger partial charge in [-0.15, -0.1) is 0 Å². The molecule has 0 aliphatic heterocycles. The van der Waals surface area contributed by atoms with Crippen molar-refractivity contribution in [3.63, 3.8) is 0 Å². The van der Waals surface area contributed by atoms with Crippen LogP contribution in [0.1, 0.15) is 34.1 Å². The summed E-state index contributed by atoms with van der Waals surface area (Å²) in [5.41, 5.74) is 5.73. The van der Waals surface area contributed by atoms with Crippen molar-refractivity contribution in [3.8, 4) is 0 Å². The highest BCUT2D eigenvalue weighted by Crippen LogP contribution is 2.07. The molecule has 4 nitrogen and oxygen atoms in total. The summed E-state index contributed by atoms with van der Waals surface area (Å²) >= 11 is 0. The molecule has 0 spiro atoms. The molecule has 0 radical (unpaired) electrons. The normalized spacial score (nSPS) is 15.5. The summed E-state index contributed by atoms with van der Waals surface area (Å²) < 4.78 is 0. The Balaban J connectivity index is 4.22. The van der Waals surface area contributed by atoms with Gasteiger partial charge in [-0.2, -0.15) is 0 Å². The van der Waals surface area contributed by atoms with Crippen LogP contribution in [0.15, 0.2) is 0 Å². The van der Waals surface area contributed by atoms with Crippen molar-refractivity contribution in [3.05, 3.63) is 0 Å². The molecule has 4 N–H and O–H groups in total. The molecule has 2 unspecified atom stereocenters. The lowest BCUT2D eigenvalue weighted by Crippen LogP contribution is -2.49. The zero-order valence-corrected chi connectivity index (χ0v) is 10.2. The van der Waals surface area contributed by atoms with Crippen LogP contribution >= 0.6 is 0 Å². The zero-order chi connectivity index (χ0) is 12.0. The van der Waals surface area contributed by atoms with E-state index in [1.54, 1.807) is 0 Å². The first-order chi connectivity index (χ1) is 6.90. The molecule has 1 amide bonds. The molecule has 0 heterocycles. The van der Waals surface area contributed by atoms with Gasteiger partial charge in [-0.25, -0.2) is 0 Å². The Morgan fingerprint density at radius 2 is 1.80 bits per heavy atom. The average molecular weight is 216 g/mol. The number of amides is 1. The van der Waals surface area contributed by atoms with E-state index in [0.717, 1.165) is 0 Å². The number of nitrogens with one attached hydrogen (secondary N) is 1. The molecule has 0 saturated carbocycles. The number of aliphatic hydroxyl groups excluding tert-OH is 1. The van der Waals surface area contributed by atoms with Crippen LogP contribution in [0.25, 0.3) is 0 Å². The fraction of sp³-hybridized carbons (Fsp3) is 0.909. The second kappa shape index (κ2) is 6.80. The van der Waals surface area contributed by atoms with E-state index < -0.39 is 6.04 Å². The lowest BCUT2D eigenvalue weighted by atomic mass is 9.99. The highest BCUT2D eigenvalue weighted by Gasteiger charge is 2.21. The van der Waals surface area contributed by atoms with E-state index in [-0.39, 0.29) is 24.5 Å². The molecule has 2 atom stereocenters. The first-order valence-electron chi connectivity index (χ1n) is 5.57. The van der Waals surface area contributed by atoms with Gasteiger partial charge in [0.25, 0.3) is 0 Å². The number of rotatable bonds is 6. The number of hydrogen-bond acceptors (Lipinski definition) is 3. The molecule has 15 heavy (non-hydrogen) atoms. The van der Waals surface area contributed by atoms with Gasteiger partial charge in [-0.1, -0.05) is 27.7 Å². The van der Waals surface area contributed by atoms with E-state index in [1.807, 2.05) is 27.7 Å². The Kier molecular flexibility index (Phi) is 6.52. The van der Waals surface area contributed by atoms with Crippen molar-refractivity contribution in [2.24, 2.45) is 17.6 Å². The second-order valence-electron chi connectivity index (χ2n) is 4.64. The van der Waals surface area contributed by atoms with Crippen LogP contribution in [-0.4, -0.2) is 29.7 Å². The summed E-state index contributed by atoms with van der Waals surface area (Å²) in [5.74, 6) is 0.310. The maximum atomic E-state index is 11.7. The Labute approximate surface area is 92.2 Å². The third-order valence-corrected chi connectivity index (χ3v) is 2.59. The van der Waals surface area contributed by atoms with Crippen LogP contribution in [-0.2, 0) is 4.79 Å². The van der Waals surface area contributed by atoms with Crippen molar-refractivity contribution in [1.82, 2.24) is 5.32 Å². The van der Waals surface area contributed by atoms with E-state index in [4.69, 9.17) is 10.8 Å². The molecular formula is C11H24N2O2. The topological polar surface area (TPSA) is 75.3 Å². The number of aliphatic hydroxyl groups is 1. The van der Waals surface area contributed by atoms with Gasteiger partial charge in [0.2, 0.25) is 5.91 Å². The van der Waals surface area contributed by atoms with Gasteiger partial charge in [0.15, 0.2) is 0 Å². The molecule has 0 rings (SSSR count). The molecule has 0 aliphatic carbocycles. The standard InChI is InChI=1S/C11H24N2O2/c1-7(2)9(5-6-14)13-11(15)10(12)8(3)4/h7-10,14H,5-6,12H2,1-4H3,(H,13,15). The van der Waals surface area contributed by atoms with Crippen molar-refractivity contribution in [2.45, 2.75) is 46.2 Å². The first kappa shape index (κ1) is 14.4. The van der Waals surface area contributed by atoms with Crippen LogP contribution in [0, 0.1) is 11.8 Å². The highest BCUT2D eigenvalue weighted by atomic mass is 16.3. The molecule has 0 aromatic carbocycles. The van der Waals surface area contributed by atoms with Crippen molar-refractivity contribution in [2.75, 3.05) is 6.61 Å². The van der Waals surface area contributed by atoms with Crippen LogP contribution in [0.2, 0.25) is 0 Å². The summed E-state index contributed by atoms with van der Waals surface area (Å²) in [5, 5.41) is 11.7. The Bertz CT molecular complexity index is 193. The Morgan fingerprint density at radius 1 is 1.27 bits per heavy atom. The molecule has 0 aromatic rings. The van der Waals surface area contributed by atoms with Crippen molar-refractivity contribution >= 4 is 5.91 Å². The van der Waals surface area contributed by atoms with Gasteiger partial charge >= 0.3 is 0 Å². The summed E-state index contributed by atoms with van der Waals surface area (Å²) in [6, 6.07) is -0.461. The summed E-state index contributed by atoms with van der Waals surface area (Å²) in [6.45, 7) is 7.95. The Morgan fingerprint density at radius 3 is 2.13 bits per heavy atom. The number of nitrogens with two attached hydrogens (primary N) is 1. The maximum absolute atomic E-state index is 11.7. The molecule has 0 saturated heterocycles. The van der Waals surface area contributed by atoms with Crippen molar-refractivity contribution in [1.29, 1.82) is 0 Å². The summed E-state index contributed by atoms with van der Waals surface area (Å²) in [4.78, 5) is 11.7. The maximum Gasteiger partial charge on any atom is 0.237 e. The summed E-state index contributed by atoms with van der Waals surface area (Å²) in [7, 11) is 0. The number of hydrogen-bond donors (Lipinski definition) is 3. The molecule has 90 valence electrons. The predicted octanol–water partition coefficient (Wildman–Crippen LogP) is 0.493. The average Bonchev–Trinajstić information content (AvgIpc) is 2.15. The van der Waals surface area contributed by atoms with Gasteiger partial charge in [-0.3, -0.25) is 4.79 Å². The SMILES string of the molecule is CC(C)C(CCO)NC(=O)C(N)C(C)C. The highest BCUT2D eigenvalue weighted by molar-refractivity contribution is 5.82. The van der Waals surface area contributed by atoms with Gasteiger partial charge in [-0.05, 0) is 18.3 Å². The van der Waals surface area contributed by atoms with E-state index in [0.29, 0.717) is 12.3 Å². The van der Waals surface area contributed by atoms with E-state index in [9.17, 15) is 4.79 Å². The number of carbonyl (C=O) groups excluding carboxylic acids is 1. The first-order valence-corrected chi connectivity index (χ1v) is 5.57. The fourth-order valence-electron chi connectivity index (χ4n) is 1.29. The predicted molar refractivity (Wildman–Crippen MR) is 61.3 cm³/mol. The third kappa shape index (κ3) is 5.14. The molecular weight excluding hydrogens is 192 g/mol. The van der Waals surface area contributed by atoms with Gasteiger partial charge < -0.3 is 16.2 Å². The second-order valence-corrected chi connectivity index (χ2v) is 4.64. The van der Waals surface area contributed by atoms with E-state index in [2.05, 4.69) is 5.32 Å². The molecule has 0 bridgehead atoms. The third-order valence-electron chi connectivity index (χ3n) is 2.59. The molecule has 0 fully saturated rings. The monoisotopic (exact) mass is 216 g/mol. The fourth-order valence-corrected chi connectivity index (χ4v) is 1.29. The van der Waals surface area contributed by atoms with Crippen LogP contribution in [0.5, 0.6) is 0 Å². The minimum Gasteiger partial charge on any atom is -0.396 e. The zero-order valence-electron chi connectivity index (χ0n) is 10.2. The van der Waals surface area contributed by atoms with Crippen LogP contribution in [0.4, 0.5) is 0 Å². The molecule has 4 heteroatoms. The Hall–Kier alpha value is -0.610. The van der Waals surface area contributed by atoms with Crippen LogP contribution in [0.3, 0.4) is 0 Å². The largest absolute Gasteiger partial charge is 0.396 e. The van der Waals surface area contributed by atoms with Crippen molar-refractivity contribution < 1.29 is 9.90 Å². The van der Waals surface area contributed by atoms with Gasteiger partial charge in [0.05, 0.1) is 6.04 Å². The minimum absolute atomic E-state index is 0.00676. The lowest BCUT2D eigenvalue weighted by Gasteiger charge is -2.24. The van der Waals surface area contributed by atoms with Crippen LogP contribution < -0.4 is 11.1 Å². The van der Waals surface area contributed by atoms with E-state index >= 15 is 0 Å². The smallest absolute Gasteiger partial charge is 0.237 e. The number of carbonyl (C=O) groups is 1. The van der Waals surface area contributed by atoms with Gasteiger partial charge in [0, 0.05) is 12.6 Å². The molecule has 0 aliphatic rings. The quantitative estimate of drug-likeness (QED) is 0.605. The minimum atomic E-state index is -0.468. The lowest BCUT2D eigenvalue weighted by molar-refractivity contribution is -0.124. The van der Waals surface area contributed by atoms with Gasteiger partial charge in [0.1, 0.15) is 0 Å². The van der Waals surface area contributed by atoms with E-state index in [1.165, 1.54) is 0 Å². The summed E-state index contributed by atoms with van der Waals surface area (Å²) in [6.07, 6.45) is 0.578. The molecule has 0 aromatic heterocycles.